The second kappa shape index (κ2) is 41.7. The quantitative estimate of drug-likeness (QED) is 0.0119. The second-order valence-corrected chi connectivity index (χ2v) is 38.6. The molecule has 77 heteroatoms. The van der Waals surface area contributed by atoms with Gasteiger partial charge in [0.1, 0.15) is 120 Å². The van der Waals surface area contributed by atoms with Gasteiger partial charge >= 0.3 is 81.8 Å². The van der Waals surface area contributed by atoms with Crippen LogP contribution in [0.5, 0.6) is 0 Å². The van der Waals surface area contributed by atoms with Crippen LogP contribution in [0.4, 0.5) is 17.6 Å². The second-order valence-electron chi connectivity index (χ2n) is 25.7. The third kappa shape index (κ3) is 29.4. The van der Waals surface area contributed by atoms with Crippen LogP contribution in [0.25, 0.3) is 33.5 Å². The molecule has 5 aliphatic rings. The van der Waals surface area contributed by atoms with Crippen molar-refractivity contribution < 1.29 is 209 Å². The fourth-order valence-electron chi connectivity index (χ4n) is 11.6. The van der Waals surface area contributed by atoms with Gasteiger partial charge in [-0.1, -0.05) is 23.8 Å². The van der Waals surface area contributed by atoms with Crippen molar-refractivity contribution in [3.05, 3.63) is 97.3 Å². The number of imidazole rings is 3. The fourth-order valence-corrected chi connectivity index (χ4v) is 18.2. The molecule has 0 spiro atoms. The van der Waals surface area contributed by atoms with E-state index >= 15 is 0 Å². The van der Waals surface area contributed by atoms with Crippen LogP contribution in [-0.4, -0.2) is 295 Å². The molecule has 13 heterocycles. The number of aromatic amines is 2. The zero-order valence-electron chi connectivity index (χ0n) is 62.4. The van der Waals surface area contributed by atoms with Crippen molar-refractivity contribution in [2.45, 2.75) is 124 Å². The van der Waals surface area contributed by atoms with Gasteiger partial charge in [-0.25, -0.2) is 90.5 Å². The predicted octanol–water partition coefficient (Wildman–Crippen LogP) is -5.02. The Morgan fingerprint density at radius 2 is 0.921 bits per heavy atom. The van der Waals surface area contributed by atoms with Crippen molar-refractivity contribution in [3.63, 3.8) is 0 Å². The van der Waals surface area contributed by atoms with Crippen molar-refractivity contribution in [2.24, 2.45) is 0 Å². The first-order chi connectivity index (χ1) is 58.2. The highest BCUT2D eigenvalue weighted by Gasteiger charge is 2.50. The number of halogens is 1. The largest absolute Gasteiger partial charge is 0.490 e. The molecule has 8 aromatic heterocycles. The van der Waals surface area contributed by atoms with Crippen LogP contribution in [0.3, 0.4) is 0 Å². The normalized spacial score (nSPS) is 26.8. The molecule has 704 valence electrons. The third-order valence-corrected chi connectivity index (χ3v) is 25.3. The molecule has 5 fully saturated rings. The topological polar surface area (TPSA) is 995 Å². The zero-order chi connectivity index (χ0) is 93.7. The number of fused-ring (bicyclic) bond motifs is 3. The van der Waals surface area contributed by atoms with E-state index in [1.165, 1.54) is 57.5 Å². The number of nitrogens with one attached hydrogen (secondary N) is 3. The molecule has 66 nitrogen and oxygen atoms in total. The Kier molecular flexibility index (Phi) is 34.3. The van der Waals surface area contributed by atoms with E-state index in [1.54, 1.807) is 7.05 Å². The molecule has 126 heavy (non-hydrogen) atoms. The van der Waals surface area contributed by atoms with Gasteiger partial charge in [0.15, 0.2) is 45.3 Å². The van der Waals surface area contributed by atoms with Crippen LogP contribution in [0.15, 0.2) is 70.5 Å². The van der Waals surface area contributed by atoms with E-state index < -0.39 is 225 Å². The van der Waals surface area contributed by atoms with Gasteiger partial charge in [0, 0.05) is 44.8 Å². The van der Waals surface area contributed by atoms with Gasteiger partial charge < -0.3 is 149 Å². The van der Waals surface area contributed by atoms with Gasteiger partial charge in [0.25, 0.3) is 5.56 Å². The number of phosphoric acid groups is 9. The van der Waals surface area contributed by atoms with Gasteiger partial charge in [-0.3, -0.25) is 59.8 Å². The Bertz CT molecular complexity index is 5880. The molecule has 0 aromatic carbocycles. The van der Waals surface area contributed by atoms with Crippen molar-refractivity contribution in [3.8, 4) is 0 Å². The first-order valence-electron chi connectivity index (χ1n) is 34.0. The maximum atomic E-state index is 11.8. The molecule has 8 aromatic rings. The maximum absolute atomic E-state index is 11.8. The Balaban J connectivity index is 0.000000180. The van der Waals surface area contributed by atoms with Crippen molar-refractivity contribution >= 4 is 145 Å². The summed E-state index contributed by atoms with van der Waals surface area (Å²) in [6, 6.07) is 2.52. The molecule has 28 N–H and O–H groups in total. The number of rotatable bonds is 29. The summed E-state index contributed by atoms with van der Waals surface area (Å²) >= 11 is 10.9. The number of aliphatic hydroxyl groups excluding tert-OH is 6. The molecule has 5 saturated heterocycles. The standard InChI is InChI=1S/C11H17N5O9P2.C10H14ClN4O13P3.C10H15N5O10P2S.C9H14N3O7P.C9H13N2O8P/c1-12-10-9-11(14-4-13-10)16(5-15-9)8-2-6(25-27(20,21)22)7(24-8)3-23-26(17,18)19;11-8-5-9(13-2-12-8)15(3-14-5)10-7(17)6(16)4(26-10)1-25-30(21,22)28-31(23,24)27-29(18,19)20;11-10-13-7-4(8(28)14-10)12-2-15(7)9-6(17)5(16)3(24-9)1-23-27(21,22)25-26(18,19)20;10-7-1-2-12(9(14)11-7)8-3-5(13)6(19-8)4-18-20(15,16)17;12-5-3-8(11-2-1-7(13)10-9(11)14)19-6(5)4-18-20(15,16)17/h4-8H,2-3H2,1H3,(H,12,13,14)(H2,17,18,19)(H2,20,21,22);2-4,6-7,10,16-17H,1H2,(H,21,22)(H,23,24)(H2,18,19,20);2-3,5-6,9,16-17H,1H2,(H,21,22)(H2,18,19,20)(H3,11,13,14,28);1-2,5-6,8,13H,3-4H2,(H2,10,11,14)(H2,15,16,17);1-2,5-6,8,12H,3-4H2,(H,10,13,14)(H2,15,16,17)/t6-,7+,8?;4?,6-,7-,10-;3-,5-,6-,9-;5-,6+,8?;5-,6+,8+/m01100/s1. The summed E-state index contributed by atoms with van der Waals surface area (Å²) in [7, 11) is -44.4. The van der Waals surface area contributed by atoms with Crippen LogP contribution in [0.1, 0.15) is 50.4 Å². The monoisotopic (exact) mass is 2030 g/mol. The van der Waals surface area contributed by atoms with Crippen LogP contribution < -0.4 is 33.7 Å². The molecule has 13 rings (SSSR count). The molecule has 0 aliphatic carbocycles. The Morgan fingerprint density at radius 1 is 0.476 bits per heavy atom. The number of ether oxygens (including phenoxy) is 5. The summed E-state index contributed by atoms with van der Waals surface area (Å²) in [5.41, 5.74) is 10.7. The summed E-state index contributed by atoms with van der Waals surface area (Å²) in [5.74, 6) is 0.510. The minimum atomic E-state index is -5.70. The minimum absolute atomic E-state index is 0.0148. The lowest BCUT2D eigenvalue weighted by atomic mass is 10.1. The molecule has 20 atom stereocenters. The maximum Gasteiger partial charge on any atom is 0.490 e. The average molecular weight is 2030 g/mol. The fraction of sp³-hybridized carbons (Fsp3) is 0.531. The molecule has 0 amide bonds. The molecular weight excluding hydrogens is 1950 g/mol. The number of aliphatic hydroxyl groups is 6. The lowest BCUT2D eigenvalue weighted by Crippen LogP contribution is -2.33. The van der Waals surface area contributed by atoms with Crippen molar-refractivity contribution in [1.82, 2.24) is 77.7 Å². The van der Waals surface area contributed by atoms with E-state index in [9.17, 15) is 95.9 Å². The molecule has 6 unspecified atom stereocenters. The van der Waals surface area contributed by atoms with E-state index in [1.807, 2.05) is 4.98 Å². The van der Waals surface area contributed by atoms with Gasteiger partial charge in [0.2, 0.25) is 0 Å². The highest BCUT2D eigenvalue weighted by atomic mass is 35.5. The third-order valence-electron chi connectivity index (χ3n) is 16.7. The summed E-state index contributed by atoms with van der Waals surface area (Å²) in [5, 5.41) is 63.1. The Morgan fingerprint density at radius 3 is 1.44 bits per heavy atom. The summed E-state index contributed by atoms with van der Waals surface area (Å²) in [6.07, 6.45) is -11.5. The van der Waals surface area contributed by atoms with Crippen LogP contribution in [-0.2, 0) is 105 Å². The van der Waals surface area contributed by atoms with E-state index in [-0.39, 0.29) is 63.2 Å². The summed E-state index contributed by atoms with van der Waals surface area (Å²) in [6.45, 7) is -3.41. The van der Waals surface area contributed by atoms with E-state index in [4.69, 9.17) is 127 Å². The number of phosphoric ester groups is 6. The first kappa shape index (κ1) is 104. The highest BCUT2D eigenvalue weighted by molar-refractivity contribution is 7.71. The number of anilines is 3. The number of aromatic nitrogens is 16. The number of H-pyrrole nitrogens is 2. The summed E-state index contributed by atoms with van der Waals surface area (Å²) in [4.78, 5) is 206. The molecule has 0 saturated carbocycles. The zero-order valence-corrected chi connectivity index (χ0v) is 72.0. The Labute approximate surface area is 706 Å². The Hall–Kier alpha value is -6.21. The van der Waals surface area contributed by atoms with Crippen LogP contribution >= 0.6 is 94.2 Å². The van der Waals surface area contributed by atoms with Crippen molar-refractivity contribution in [1.29, 1.82) is 0 Å². The van der Waals surface area contributed by atoms with Gasteiger partial charge in [-0.05, 0) is 6.07 Å². The van der Waals surface area contributed by atoms with Gasteiger partial charge in [-0.2, -0.15) is 17.9 Å². The number of hydrogen-bond donors (Lipinski definition) is 26. The van der Waals surface area contributed by atoms with Crippen LogP contribution in [0, 0.1) is 4.64 Å². The lowest BCUT2D eigenvalue weighted by Gasteiger charge is -2.19. The summed E-state index contributed by atoms with van der Waals surface area (Å²) < 4.78 is 170. The molecular formula is C49H73ClN19O47P9S. The number of nitrogens with zero attached hydrogens (tertiary/aromatic N) is 14. The lowest BCUT2D eigenvalue weighted by molar-refractivity contribution is -0.0503. The highest BCUT2D eigenvalue weighted by Crippen LogP contribution is 2.66. The predicted molar refractivity (Wildman–Crippen MR) is 406 cm³/mol. The minimum Gasteiger partial charge on any atom is -0.390 e. The van der Waals surface area contributed by atoms with Crippen molar-refractivity contribution in [2.75, 3.05) is 56.9 Å². The first-order valence-corrected chi connectivity index (χ1v) is 48.4. The van der Waals surface area contributed by atoms with Crippen LogP contribution in [0.2, 0.25) is 5.15 Å². The molecule has 0 radical (unpaired) electrons. The van der Waals surface area contributed by atoms with E-state index in [2.05, 4.69) is 90.7 Å². The van der Waals surface area contributed by atoms with E-state index in [0.717, 1.165) is 21.5 Å². The SMILES string of the molecule is CNc1ncnc2c1ncn2C1C[C@H](OP(=O)(O)O)[C@@H](COP(=O)(O)O)O1.Nc1ccn(C2C[C@H](O)[C@@H](COP(=O)(O)O)O2)c(=O)n1.Nc1nc(=S)c2ncn([C@@H]3O[C@H](COP(=O)(O)OP(=O)(O)O)[C@@H](O)[C@H]3O)c2[nH]1.O=P(O)(O)OP(=O)(O)OP(=O)(O)OCC1O[C@@H](n2cnc3c(Cl)ncnc32)[C@H](O)[C@@H]1O.O=c1ccn([C@H]2C[C@H](O)[C@@H](COP(=O)(O)O)O2)c(=O)[nH]1. The number of nitrogen functional groups attached to an aromatic ring is 2. The van der Waals surface area contributed by atoms with Gasteiger partial charge in [0.05, 0.1) is 64.2 Å². The number of nitrogens with two attached hydrogens (primary N) is 2. The number of hydrogen-bond acceptors (Lipinski definition) is 45. The average Bonchev–Trinajstić information content (AvgIpc) is 1.61. The molecule has 5 aliphatic heterocycles. The van der Waals surface area contributed by atoms with Gasteiger partial charge in [-0.15, -0.1) is 0 Å². The van der Waals surface area contributed by atoms with E-state index in [0.29, 0.717) is 17.0 Å². The molecule has 0 bridgehead atoms. The smallest absolute Gasteiger partial charge is 0.390 e.